The normalized spacial score (nSPS) is 17.2. The minimum absolute atomic E-state index is 0.205. The smallest absolute Gasteiger partial charge is 0.257 e. The summed E-state index contributed by atoms with van der Waals surface area (Å²) in [5, 5.41) is 4.16. The average Bonchev–Trinajstić information content (AvgIpc) is 3.48. The van der Waals surface area contributed by atoms with Crippen LogP contribution in [0.15, 0.2) is 36.1 Å². The summed E-state index contributed by atoms with van der Waals surface area (Å²) in [5.41, 5.74) is 2.26. The van der Waals surface area contributed by atoms with E-state index in [1.165, 1.54) is 23.3 Å². The van der Waals surface area contributed by atoms with Crippen molar-refractivity contribution in [3.05, 3.63) is 52.1 Å². The van der Waals surface area contributed by atoms with Crippen LogP contribution in [0.3, 0.4) is 0 Å². The summed E-state index contributed by atoms with van der Waals surface area (Å²) in [7, 11) is 0. The molecule has 1 saturated heterocycles. The number of anilines is 1. The van der Waals surface area contributed by atoms with E-state index in [4.69, 9.17) is 0 Å². The highest BCUT2D eigenvalue weighted by Crippen LogP contribution is 2.37. The number of rotatable bonds is 3. The zero-order chi connectivity index (χ0) is 18.2. The van der Waals surface area contributed by atoms with Gasteiger partial charge in [0.25, 0.3) is 5.91 Å². The van der Waals surface area contributed by atoms with Crippen LogP contribution in [0.2, 0.25) is 0 Å². The van der Waals surface area contributed by atoms with Gasteiger partial charge in [0, 0.05) is 55.0 Å². The SMILES string of the molecule is O=C(c1c(-n2cccc2)sc2c1CCCC2)N1CCN(c2nccs2)CC1. The third-order valence-corrected chi connectivity index (χ3v) is 7.60. The molecule has 5 nitrogen and oxygen atoms in total. The molecule has 0 bridgehead atoms. The lowest BCUT2D eigenvalue weighted by molar-refractivity contribution is 0.0746. The van der Waals surface area contributed by atoms with Crippen LogP contribution in [-0.2, 0) is 12.8 Å². The van der Waals surface area contributed by atoms with Crippen LogP contribution in [0.4, 0.5) is 5.13 Å². The van der Waals surface area contributed by atoms with Crippen LogP contribution in [-0.4, -0.2) is 46.5 Å². The molecule has 1 aliphatic heterocycles. The van der Waals surface area contributed by atoms with E-state index in [1.54, 1.807) is 11.3 Å². The van der Waals surface area contributed by atoms with E-state index < -0.39 is 0 Å². The van der Waals surface area contributed by atoms with Crippen molar-refractivity contribution < 1.29 is 4.79 Å². The zero-order valence-corrected chi connectivity index (χ0v) is 16.8. The number of thiazole rings is 1. The highest BCUT2D eigenvalue weighted by atomic mass is 32.1. The topological polar surface area (TPSA) is 41.4 Å². The molecular weight excluding hydrogens is 376 g/mol. The predicted octanol–water partition coefficient (Wildman–Crippen LogP) is 3.84. The van der Waals surface area contributed by atoms with Crippen LogP contribution in [0, 0.1) is 0 Å². The maximum Gasteiger partial charge on any atom is 0.257 e. The number of carbonyl (C=O) groups is 1. The molecule has 0 radical (unpaired) electrons. The van der Waals surface area contributed by atoms with Gasteiger partial charge in [0.1, 0.15) is 5.00 Å². The Labute approximate surface area is 166 Å². The third-order valence-electron chi connectivity index (χ3n) is 5.46. The highest BCUT2D eigenvalue weighted by Gasteiger charge is 2.31. The molecule has 3 aromatic rings. The van der Waals surface area contributed by atoms with Crippen molar-refractivity contribution in [3.8, 4) is 5.00 Å². The summed E-state index contributed by atoms with van der Waals surface area (Å²) >= 11 is 3.47. The van der Waals surface area contributed by atoms with Gasteiger partial charge in [-0.05, 0) is 43.4 Å². The predicted molar refractivity (Wildman–Crippen MR) is 111 cm³/mol. The lowest BCUT2D eigenvalue weighted by Gasteiger charge is -2.35. The largest absolute Gasteiger partial charge is 0.345 e. The Morgan fingerprint density at radius 3 is 2.56 bits per heavy atom. The molecule has 0 N–H and O–H groups in total. The number of thiophene rings is 1. The van der Waals surface area contributed by atoms with Crippen LogP contribution in [0.5, 0.6) is 0 Å². The molecule has 1 amide bonds. The standard InChI is InChI=1S/C20H22N4OS2/c25-18(22-10-12-24(13-11-22)20-21-7-14-26-20)17-15-5-1-2-6-16(15)27-19(17)23-8-3-4-9-23/h3-4,7-9,14H,1-2,5-6,10-13H2. The maximum atomic E-state index is 13.5. The molecule has 3 aromatic heterocycles. The second-order valence-corrected chi connectivity index (χ2v) is 9.03. The number of piperazine rings is 1. The van der Waals surface area contributed by atoms with Gasteiger partial charge in [-0.2, -0.15) is 0 Å². The molecule has 140 valence electrons. The Morgan fingerprint density at radius 1 is 1.04 bits per heavy atom. The zero-order valence-electron chi connectivity index (χ0n) is 15.1. The molecule has 5 rings (SSSR count). The van der Waals surface area contributed by atoms with Crippen LogP contribution in [0.1, 0.15) is 33.6 Å². The summed E-state index contributed by atoms with van der Waals surface area (Å²) in [6, 6.07) is 4.06. The van der Waals surface area contributed by atoms with E-state index >= 15 is 0 Å². The van der Waals surface area contributed by atoms with Gasteiger partial charge in [-0.15, -0.1) is 22.7 Å². The third kappa shape index (κ3) is 3.08. The van der Waals surface area contributed by atoms with Crippen LogP contribution >= 0.6 is 22.7 Å². The minimum Gasteiger partial charge on any atom is -0.345 e. The molecule has 0 spiro atoms. The first-order valence-electron chi connectivity index (χ1n) is 9.53. The molecule has 1 fully saturated rings. The van der Waals surface area contributed by atoms with Gasteiger partial charge >= 0.3 is 0 Å². The van der Waals surface area contributed by atoms with E-state index in [1.807, 2.05) is 39.9 Å². The first-order chi connectivity index (χ1) is 13.3. The van der Waals surface area contributed by atoms with Gasteiger partial charge in [0.05, 0.1) is 5.56 Å². The molecule has 0 atom stereocenters. The molecule has 27 heavy (non-hydrogen) atoms. The number of carbonyl (C=O) groups excluding carboxylic acids is 1. The van der Waals surface area contributed by atoms with Crippen molar-refractivity contribution in [2.24, 2.45) is 0 Å². The van der Waals surface area contributed by atoms with Crippen molar-refractivity contribution in [2.45, 2.75) is 25.7 Å². The Balaban J connectivity index is 1.42. The first kappa shape index (κ1) is 17.0. The van der Waals surface area contributed by atoms with Crippen molar-refractivity contribution in [1.29, 1.82) is 0 Å². The molecule has 0 saturated carbocycles. The van der Waals surface area contributed by atoms with E-state index in [-0.39, 0.29) is 5.91 Å². The Hall–Kier alpha value is -2.12. The Morgan fingerprint density at radius 2 is 1.81 bits per heavy atom. The lowest BCUT2D eigenvalue weighted by atomic mass is 9.95. The fraction of sp³-hybridized carbons (Fsp3) is 0.400. The fourth-order valence-electron chi connectivity index (χ4n) is 4.05. The second kappa shape index (κ2) is 7.13. The quantitative estimate of drug-likeness (QED) is 0.673. The van der Waals surface area contributed by atoms with Gasteiger partial charge in [-0.3, -0.25) is 4.79 Å². The first-order valence-corrected chi connectivity index (χ1v) is 11.2. The van der Waals surface area contributed by atoms with E-state index in [0.717, 1.165) is 54.7 Å². The molecular formula is C20H22N4OS2. The Kier molecular flexibility index (Phi) is 4.49. The molecule has 1 aliphatic carbocycles. The van der Waals surface area contributed by atoms with Gasteiger partial charge in [-0.1, -0.05) is 0 Å². The average molecular weight is 399 g/mol. The van der Waals surface area contributed by atoms with Gasteiger partial charge in [0.2, 0.25) is 0 Å². The number of aryl methyl sites for hydroxylation is 1. The lowest BCUT2D eigenvalue weighted by Crippen LogP contribution is -2.49. The summed E-state index contributed by atoms with van der Waals surface area (Å²) in [4.78, 5) is 23.7. The minimum atomic E-state index is 0.205. The summed E-state index contributed by atoms with van der Waals surface area (Å²) < 4.78 is 2.11. The number of aromatic nitrogens is 2. The van der Waals surface area contributed by atoms with E-state index in [2.05, 4.69) is 26.8 Å². The molecule has 0 unspecified atom stereocenters. The van der Waals surface area contributed by atoms with Gasteiger partial charge < -0.3 is 14.4 Å². The van der Waals surface area contributed by atoms with E-state index in [0.29, 0.717) is 0 Å². The number of amides is 1. The highest BCUT2D eigenvalue weighted by molar-refractivity contribution is 7.15. The van der Waals surface area contributed by atoms with Crippen molar-refractivity contribution in [2.75, 3.05) is 31.1 Å². The summed E-state index contributed by atoms with van der Waals surface area (Å²) in [6.45, 7) is 3.22. The number of fused-ring (bicyclic) bond motifs is 1. The summed E-state index contributed by atoms with van der Waals surface area (Å²) in [6.07, 6.45) is 10.5. The second-order valence-electron chi connectivity index (χ2n) is 7.08. The van der Waals surface area contributed by atoms with E-state index in [9.17, 15) is 4.79 Å². The van der Waals surface area contributed by atoms with Crippen molar-refractivity contribution in [1.82, 2.24) is 14.5 Å². The Bertz CT molecular complexity index is 922. The monoisotopic (exact) mass is 398 g/mol. The molecule has 4 heterocycles. The number of nitrogens with zero attached hydrogens (tertiary/aromatic N) is 4. The van der Waals surface area contributed by atoms with Gasteiger partial charge in [-0.25, -0.2) is 4.98 Å². The summed E-state index contributed by atoms with van der Waals surface area (Å²) in [5.74, 6) is 0.205. The number of hydrogen-bond donors (Lipinski definition) is 0. The van der Waals surface area contributed by atoms with Crippen LogP contribution in [0.25, 0.3) is 5.00 Å². The number of hydrogen-bond acceptors (Lipinski definition) is 5. The maximum absolute atomic E-state index is 13.5. The van der Waals surface area contributed by atoms with Crippen molar-refractivity contribution in [3.63, 3.8) is 0 Å². The molecule has 7 heteroatoms. The van der Waals surface area contributed by atoms with Crippen LogP contribution < -0.4 is 4.90 Å². The fourth-order valence-corrected chi connectivity index (χ4v) is 6.10. The van der Waals surface area contributed by atoms with Crippen molar-refractivity contribution >= 4 is 33.7 Å². The van der Waals surface area contributed by atoms with Gasteiger partial charge in [0.15, 0.2) is 5.13 Å². The molecule has 2 aliphatic rings. The molecule has 0 aromatic carbocycles.